The van der Waals surface area contributed by atoms with Crippen LogP contribution in [-0.2, 0) is 6.54 Å². The number of aliphatic imine (C=N–C) groups is 1. The number of fused-ring (bicyclic) bond motifs is 1. The molecular formula is C20H25ClIN7O. The second-order valence-electron chi connectivity index (χ2n) is 6.86. The zero-order chi connectivity index (χ0) is 20.2. The molecule has 0 radical (unpaired) electrons. The van der Waals surface area contributed by atoms with Gasteiger partial charge in [-0.25, -0.2) is 0 Å². The molecule has 4 rings (SSSR count). The molecule has 1 saturated heterocycles. The third-order valence-electron chi connectivity index (χ3n) is 5.03. The van der Waals surface area contributed by atoms with Crippen molar-refractivity contribution in [3.8, 4) is 5.75 Å². The average molecular weight is 542 g/mol. The third-order valence-corrected chi connectivity index (χ3v) is 5.27. The Hall–Kier alpha value is -2.27. The van der Waals surface area contributed by atoms with E-state index in [9.17, 15) is 0 Å². The summed E-state index contributed by atoms with van der Waals surface area (Å²) in [6.07, 6.45) is 2.94. The number of pyridine rings is 1. The minimum atomic E-state index is 0. The lowest BCUT2D eigenvalue weighted by atomic mass is 10.2. The minimum absolute atomic E-state index is 0. The zero-order valence-electron chi connectivity index (χ0n) is 16.9. The number of nitrogens with one attached hydrogen (secondary N) is 2. The number of halogens is 2. The topological polar surface area (TPSA) is 79.1 Å². The van der Waals surface area contributed by atoms with Crippen LogP contribution in [0.5, 0.6) is 5.75 Å². The first kappa shape index (κ1) is 22.4. The average Bonchev–Trinajstić information content (AvgIpc) is 3.38. The van der Waals surface area contributed by atoms with Gasteiger partial charge in [-0.1, -0.05) is 17.7 Å². The number of aromatic nitrogens is 3. The maximum Gasteiger partial charge on any atom is 0.191 e. The Labute approximate surface area is 197 Å². The molecule has 1 unspecified atom stereocenters. The van der Waals surface area contributed by atoms with Crippen molar-refractivity contribution >= 4 is 52.9 Å². The van der Waals surface area contributed by atoms with Gasteiger partial charge >= 0.3 is 0 Å². The number of methoxy groups -OCH3 is 1. The highest BCUT2D eigenvalue weighted by molar-refractivity contribution is 14.0. The van der Waals surface area contributed by atoms with Crippen LogP contribution in [0.2, 0.25) is 5.02 Å². The number of benzene rings is 1. The highest BCUT2D eigenvalue weighted by atomic mass is 127. The smallest absolute Gasteiger partial charge is 0.191 e. The number of rotatable bonds is 5. The fourth-order valence-corrected chi connectivity index (χ4v) is 3.74. The highest BCUT2D eigenvalue weighted by Gasteiger charge is 2.25. The summed E-state index contributed by atoms with van der Waals surface area (Å²) in [6, 6.07) is 11.8. The molecule has 2 aromatic heterocycles. The second-order valence-corrected chi connectivity index (χ2v) is 7.30. The number of hydrogen-bond acceptors (Lipinski definition) is 5. The summed E-state index contributed by atoms with van der Waals surface area (Å²) in [5.41, 5.74) is 1.84. The van der Waals surface area contributed by atoms with Crippen LogP contribution in [0.3, 0.4) is 0 Å². The Morgan fingerprint density at radius 3 is 2.97 bits per heavy atom. The lowest BCUT2D eigenvalue weighted by Gasteiger charge is -2.22. The van der Waals surface area contributed by atoms with Crippen LogP contribution < -0.4 is 20.3 Å². The van der Waals surface area contributed by atoms with Crippen LogP contribution in [0, 0.1) is 0 Å². The lowest BCUT2D eigenvalue weighted by Crippen LogP contribution is -2.44. The van der Waals surface area contributed by atoms with E-state index in [2.05, 4.69) is 30.7 Å². The molecular weight excluding hydrogens is 517 g/mol. The van der Waals surface area contributed by atoms with Crippen molar-refractivity contribution in [1.82, 2.24) is 25.2 Å². The van der Waals surface area contributed by atoms with Gasteiger partial charge in [0.25, 0.3) is 0 Å². The van der Waals surface area contributed by atoms with E-state index in [1.807, 2.05) is 47.0 Å². The minimum Gasteiger partial charge on any atom is -0.495 e. The van der Waals surface area contributed by atoms with E-state index in [4.69, 9.17) is 16.3 Å². The van der Waals surface area contributed by atoms with Crippen molar-refractivity contribution in [1.29, 1.82) is 0 Å². The Bertz CT molecular complexity index is 1030. The molecule has 0 saturated carbocycles. The largest absolute Gasteiger partial charge is 0.495 e. The summed E-state index contributed by atoms with van der Waals surface area (Å²) >= 11 is 6.19. The van der Waals surface area contributed by atoms with Gasteiger partial charge in [-0.15, -0.1) is 34.2 Å². The normalized spacial score (nSPS) is 16.4. The van der Waals surface area contributed by atoms with Crippen LogP contribution in [0.25, 0.3) is 5.65 Å². The Morgan fingerprint density at radius 2 is 2.17 bits per heavy atom. The van der Waals surface area contributed by atoms with E-state index >= 15 is 0 Å². The van der Waals surface area contributed by atoms with Gasteiger partial charge in [0.05, 0.1) is 19.3 Å². The maximum atomic E-state index is 6.19. The summed E-state index contributed by atoms with van der Waals surface area (Å²) < 4.78 is 7.45. The first-order valence-electron chi connectivity index (χ1n) is 9.52. The molecule has 10 heteroatoms. The number of hydrogen-bond donors (Lipinski definition) is 2. The highest BCUT2D eigenvalue weighted by Crippen LogP contribution is 2.33. The monoisotopic (exact) mass is 541 g/mol. The van der Waals surface area contributed by atoms with Crippen LogP contribution in [0.1, 0.15) is 12.2 Å². The summed E-state index contributed by atoms with van der Waals surface area (Å²) in [4.78, 5) is 6.63. The van der Waals surface area contributed by atoms with Crippen LogP contribution in [0.4, 0.5) is 5.69 Å². The quantitative estimate of drug-likeness (QED) is 0.294. The number of anilines is 1. The molecule has 30 heavy (non-hydrogen) atoms. The standard InChI is InChI=1S/C20H24ClN7O.HI/c1-22-20(23-12-19-26-25-18-5-3-4-9-28(18)19)24-15-8-10-27(13-15)16-11-14(21)6-7-17(16)29-2;/h3-7,9,11,15H,8,10,12-13H2,1-2H3,(H2,22,23,24);1H. The van der Waals surface area contributed by atoms with Crippen molar-refractivity contribution in [2.75, 3.05) is 32.1 Å². The molecule has 1 fully saturated rings. The summed E-state index contributed by atoms with van der Waals surface area (Å²) in [5.74, 6) is 2.40. The van der Waals surface area contributed by atoms with Gasteiger partial charge in [0, 0.05) is 37.4 Å². The molecule has 0 amide bonds. The zero-order valence-corrected chi connectivity index (χ0v) is 20.0. The van der Waals surface area contributed by atoms with Crippen LogP contribution >= 0.6 is 35.6 Å². The van der Waals surface area contributed by atoms with Crippen molar-refractivity contribution < 1.29 is 4.74 Å². The van der Waals surface area contributed by atoms with Gasteiger partial charge in [0.1, 0.15) is 5.75 Å². The molecule has 160 valence electrons. The molecule has 1 aliphatic rings. The summed E-state index contributed by atoms with van der Waals surface area (Å²) in [6.45, 7) is 2.29. The summed E-state index contributed by atoms with van der Waals surface area (Å²) in [5, 5.41) is 15.9. The Morgan fingerprint density at radius 1 is 1.30 bits per heavy atom. The van der Waals surface area contributed by atoms with Gasteiger partial charge in [-0.2, -0.15) is 0 Å². The van der Waals surface area contributed by atoms with Crippen molar-refractivity contribution in [2.24, 2.45) is 4.99 Å². The van der Waals surface area contributed by atoms with Gasteiger partial charge in [-0.05, 0) is 36.8 Å². The van der Waals surface area contributed by atoms with E-state index in [1.165, 1.54) is 0 Å². The molecule has 3 heterocycles. The summed E-state index contributed by atoms with van der Waals surface area (Å²) in [7, 11) is 3.45. The predicted octanol–water partition coefficient (Wildman–Crippen LogP) is 2.95. The van der Waals surface area contributed by atoms with Gasteiger partial charge < -0.3 is 20.3 Å². The molecule has 1 atom stereocenters. The van der Waals surface area contributed by atoms with Crippen molar-refractivity contribution in [2.45, 2.75) is 19.0 Å². The van der Waals surface area contributed by atoms with E-state index in [0.717, 1.165) is 48.4 Å². The molecule has 0 bridgehead atoms. The predicted molar refractivity (Wildman–Crippen MR) is 130 cm³/mol. The Kier molecular flexibility index (Phi) is 7.59. The molecule has 3 aromatic rings. The van der Waals surface area contributed by atoms with E-state index in [0.29, 0.717) is 11.6 Å². The van der Waals surface area contributed by atoms with E-state index in [-0.39, 0.29) is 30.0 Å². The first-order chi connectivity index (χ1) is 14.2. The van der Waals surface area contributed by atoms with E-state index in [1.54, 1.807) is 14.2 Å². The van der Waals surface area contributed by atoms with E-state index < -0.39 is 0 Å². The molecule has 1 aromatic carbocycles. The molecule has 8 nitrogen and oxygen atoms in total. The SMILES string of the molecule is CN=C(NCc1nnc2ccccn12)NC1CCN(c2cc(Cl)ccc2OC)C1.I. The lowest BCUT2D eigenvalue weighted by molar-refractivity contribution is 0.415. The fraction of sp³-hybridized carbons (Fsp3) is 0.350. The third kappa shape index (κ3) is 4.89. The molecule has 2 N–H and O–H groups in total. The first-order valence-corrected chi connectivity index (χ1v) is 9.90. The van der Waals surface area contributed by atoms with Crippen molar-refractivity contribution in [3.05, 3.63) is 53.4 Å². The van der Waals surface area contributed by atoms with Crippen LogP contribution in [-0.4, -0.2) is 53.8 Å². The number of guanidine groups is 1. The molecule has 1 aliphatic heterocycles. The van der Waals surface area contributed by atoms with Gasteiger partial charge in [-0.3, -0.25) is 9.39 Å². The molecule has 0 aliphatic carbocycles. The second kappa shape index (κ2) is 10.2. The van der Waals surface area contributed by atoms with Crippen LogP contribution in [0.15, 0.2) is 47.6 Å². The number of ether oxygens (including phenoxy) is 1. The van der Waals surface area contributed by atoms with Crippen molar-refractivity contribution in [3.63, 3.8) is 0 Å². The van der Waals surface area contributed by atoms with Gasteiger partial charge in [0.15, 0.2) is 17.4 Å². The maximum absolute atomic E-state index is 6.19. The number of nitrogens with zero attached hydrogens (tertiary/aromatic N) is 5. The molecule has 0 spiro atoms. The van der Waals surface area contributed by atoms with Gasteiger partial charge in [0.2, 0.25) is 0 Å². The fourth-order valence-electron chi connectivity index (χ4n) is 3.57. The Balaban J connectivity index is 0.00000256.